The summed E-state index contributed by atoms with van der Waals surface area (Å²) in [6.45, 7) is 3.04. The van der Waals surface area contributed by atoms with Crippen molar-refractivity contribution in [3.05, 3.63) is 76.7 Å². The van der Waals surface area contributed by atoms with Crippen LogP contribution < -0.4 is 5.32 Å². The first kappa shape index (κ1) is 20.9. The molecule has 0 aliphatic heterocycles. The van der Waals surface area contributed by atoms with Gasteiger partial charge in [0, 0.05) is 25.0 Å². The Morgan fingerprint density at radius 2 is 2.00 bits per heavy atom. The molecule has 166 valence electrons. The number of carbonyl (C=O) groups excluding carboxylic acids is 1. The number of fused-ring (bicyclic) bond motifs is 1. The maximum absolute atomic E-state index is 13.4. The molecule has 0 unspecified atom stereocenters. The molecule has 12 heteroatoms. The van der Waals surface area contributed by atoms with Crippen LogP contribution in [0, 0.1) is 5.82 Å². The average molecular weight is 510 g/mol. The van der Waals surface area contributed by atoms with Crippen LogP contribution in [0.2, 0.25) is 0 Å². The normalized spacial score (nSPS) is 11.2. The minimum absolute atomic E-state index is 0.117. The maximum Gasteiger partial charge on any atom is 0.278 e. The predicted molar refractivity (Wildman–Crippen MR) is 121 cm³/mol. The molecule has 5 rings (SSSR count). The molecule has 0 saturated heterocycles. The van der Waals surface area contributed by atoms with Crippen LogP contribution in [0.15, 0.2) is 59.6 Å². The first-order chi connectivity index (χ1) is 16.0. The van der Waals surface area contributed by atoms with E-state index in [1.54, 1.807) is 39.7 Å². The van der Waals surface area contributed by atoms with Crippen LogP contribution in [-0.4, -0.2) is 45.1 Å². The first-order valence-corrected chi connectivity index (χ1v) is 10.8. The zero-order valence-electron chi connectivity index (χ0n) is 17.4. The summed E-state index contributed by atoms with van der Waals surface area (Å²) in [4.78, 5) is 21.2. The molecular formula is C21H17BrFN9O. The Hall–Kier alpha value is -3.93. The van der Waals surface area contributed by atoms with Crippen LogP contribution in [0.4, 0.5) is 10.3 Å². The topological polar surface area (TPSA) is 108 Å². The summed E-state index contributed by atoms with van der Waals surface area (Å²) in [7, 11) is 0. The highest BCUT2D eigenvalue weighted by atomic mass is 79.9. The largest absolute Gasteiger partial charge is 0.288 e. The summed E-state index contributed by atoms with van der Waals surface area (Å²) in [6, 6.07) is 9.56. The number of aryl methyl sites for hydroxylation is 1. The van der Waals surface area contributed by atoms with Crippen molar-refractivity contribution in [1.82, 2.24) is 39.1 Å². The summed E-state index contributed by atoms with van der Waals surface area (Å²) in [5, 5.41) is 15.8. The Morgan fingerprint density at radius 1 is 1.12 bits per heavy atom. The third-order valence-corrected chi connectivity index (χ3v) is 5.45. The molecule has 1 N–H and O–H groups in total. The van der Waals surface area contributed by atoms with E-state index in [0.717, 1.165) is 16.6 Å². The summed E-state index contributed by atoms with van der Waals surface area (Å²) >= 11 is 3.53. The molecule has 10 nitrogen and oxygen atoms in total. The second-order valence-corrected chi connectivity index (χ2v) is 8.02. The number of anilines is 1. The van der Waals surface area contributed by atoms with Crippen molar-refractivity contribution in [2.45, 2.75) is 20.0 Å². The average Bonchev–Trinajstić information content (AvgIpc) is 3.51. The number of nitrogens with zero attached hydrogens (tertiary/aromatic N) is 8. The van der Waals surface area contributed by atoms with Gasteiger partial charge in [-0.3, -0.25) is 14.8 Å². The molecular weight excluding hydrogens is 493 g/mol. The molecule has 33 heavy (non-hydrogen) atoms. The van der Waals surface area contributed by atoms with Gasteiger partial charge in [0.15, 0.2) is 11.3 Å². The number of hydrogen-bond acceptors (Lipinski definition) is 6. The molecule has 0 bridgehead atoms. The van der Waals surface area contributed by atoms with Crippen LogP contribution in [-0.2, 0) is 13.1 Å². The zero-order valence-corrected chi connectivity index (χ0v) is 18.9. The van der Waals surface area contributed by atoms with E-state index in [1.165, 1.54) is 23.1 Å². The van der Waals surface area contributed by atoms with Crippen molar-refractivity contribution >= 4 is 33.4 Å². The van der Waals surface area contributed by atoms with Gasteiger partial charge in [-0.15, -0.1) is 5.10 Å². The Labute approximate surface area is 195 Å². The van der Waals surface area contributed by atoms with Gasteiger partial charge in [-0.1, -0.05) is 12.1 Å². The predicted octanol–water partition coefficient (Wildman–Crippen LogP) is 3.41. The number of benzene rings is 1. The van der Waals surface area contributed by atoms with E-state index in [-0.39, 0.29) is 17.5 Å². The van der Waals surface area contributed by atoms with Crippen LogP contribution in [0.25, 0.3) is 17.0 Å². The monoisotopic (exact) mass is 509 g/mol. The third kappa shape index (κ3) is 4.24. The smallest absolute Gasteiger partial charge is 0.278 e. The lowest BCUT2D eigenvalue weighted by Gasteiger charge is -2.02. The number of carbonyl (C=O) groups is 1. The number of amides is 1. The first-order valence-electron chi connectivity index (χ1n) is 10.0. The summed E-state index contributed by atoms with van der Waals surface area (Å²) < 4.78 is 19.1. The number of halogens is 2. The quantitative estimate of drug-likeness (QED) is 0.375. The second kappa shape index (κ2) is 8.54. The molecule has 0 saturated carbocycles. The molecule has 0 spiro atoms. The van der Waals surface area contributed by atoms with Gasteiger partial charge in [-0.2, -0.15) is 10.2 Å². The molecule has 0 aliphatic carbocycles. The van der Waals surface area contributed by atoms with E-state index in [0.29, 0.717) is 23.6 Å². The van der Waals surface area contributed by atoms with Crippen molar-refractivity contribution in [2.75, 3.05) is 5.32 Å². The summed E-state index contributed by atoms with van der Waals surface area (Å²) in [6.07, 6.45) is 4.98. The van der Waals surface area contributed by atoms with Crippen molar-refractivity contribution in [1.29, 1.82) is 0 Å². The van der Waals surface area contributed by atoms with Gasteiger partial charge in [-0.25, -0.2) is 23.6 Å². The Bertz CT molecular complexity index is 1470. The van der Waals surface area contributed by atoms with Gasteiger partial charge in [0.2, 0.25) is 5.95 Å². The summed E-state index contributed by atoms with van der Waals surface area (Å²) in [5.74, 6) is -0.686. The van der Waals surface area contributed by atoms with E-state index in [4.69, 9.17) is 0 Å². The van der Waals surface area contributed by atoms with E-state index in [2.05, 4.69) is 46.5 Å². The van der Waals surface area contributed by atoms with Gasteiger partial charge in [-0.05, 0) is 46.6 Å². The highest BCUT2D eigenvalue weighted by molar-refractivity contribution is 9.10. The number of nitrogens with one attached hydrogen (secondary N) is 1. The standard InChI is InChI=1S/C21H17BrFN9O/c1-2-30-11-15(22)19(28-30)17-6-7-24-18-9-16(27-32(17)18)20(33)26-21-25-12-31(29-21)10-13-4-3-5-14(23)8-13/h3-9,11-12H,2,10H2,1H3,(H,26,29,33). The highest BCUT2D eigenvalue weighted by Crippen LogP contribution is 2.27. The molecule has 1 aromatic carbocycles. The molecule has 5 aromatic rings. The van der Waals surface area contributed by atoms with Gasteiger partial charge < -0.3 is 0 Å². The summed E-state index contributed by atoms with van der Waals surface area (Å²) in [5.41, 5.74) is 2.77. The van der Waals surface area contributed by atoms with E-state index >= 15 is 0 Å². The van der Waals surface area contributed by atoms with Crippen LogP contribution >= 0.6 is 15.9 Å². The van der Waals surface area contributed by atoms with Crippen LogP contribution in [0.3, 0.4) is 0 Å². The fourth-order valence-electron chi connectivity index (χ4n) is 3.33. The lowest BCUT2D eigenvalue weighted by Crippen LogP contribution is -2.14. The third-order valence-electron chi connectivity index (χ3n) is 4.87. The van der Waals surface area contributed by atoms with Crippen molar-refractivity contribution in [2.24, 2.45) is 0 Å². The van der Waals surface area contributed by atoms with E-state index < -0.39 is 5.91 Å². The van der Waals surface area contributed by atoms with Crippen LogP contribution in [0.5, 0.6) is 0 Å². The Kier molecular flexibility index (Phi) is 5.42. The number of hydrogen-bond donors (Lipinski definition) is 1. The van der Waals surface area contributed by atoms with Gasteiger partial charge in [0.1, 0.15) is 17.8 Å². The minimum atomic E-state index is -0.479. The minimum Gasteiger partial charge on any atom is -0.288 e. The SMILES string of the molecule is CCn1cc(Br)c(-c2ccnc3cc(C(=O)Nc4ncn(Cc5cccc(F)c5)n4)nn23)n1. The molecule has 0 fully saturated rings. The Balaban J connectivity index is 1.37. The molecule has 0 radical (unpaired) electrons. The van der Waals surface area contributed by atoms with Crippen molar-refractivity contribution in [3.63, 3.8) is 0 Å². The van der Waals surface area contributed by atoms with Gasteiger partial charge in [0.25, 0.3) is 5.91 Å². The van der Waals surface area contributed by atoms with Gasteiger partial charge in [0.05, 0.1) is 16.7 Å². The number of rotatable bonds is 6. The molecule has 0 atom stereocenters. The number of aromatic nitrogens is 8. The van der Waals surface area contributed by atoms with Crippen molar-refractivity contribution < 1.29 is 9.18 Å². The zero-order chi connectivity index (χ0) is 22.9. The van der Waals surface area contributed by atoms with Crippen LogP contribution in [0.1, 0.15) is 23.0 Å². The highest BCUT2D eigenvalue weighted by Gasteiger charge is 2.18. The van der Waals surface area contributed by atoms with E-state index in [1.807, 2.05) is 13.1 Å². The lowest BCUT2D eigenvalue weighted by molar-refractivity contribution is 0.102. The fraction of sp³-hybridized carbons (Fsp3) is 0.143. The van der Waals surface area contributed by atoms with E-state index in [9.17, 15) is 9.18 Å². The maximum atomic E-state index is 13.4. The fourth-order valence-corrected chi connectivity index (χ4v) is 3.85. The van der Waals surface area contributed by atoms with Gasteiger partial charge >= 0.3 is 0 Å². The lowest BCUT2D eigenvalue weighted by atomic mass is 10.2. The second-order valence-electron chi connectivity index (χ2n) is 7.16. The molecule has 4 aromatic heterocycles. The van der Waals surface area contributed by atoms with Crippen molar-refractivity contribution in [3.8, 4) is 11.4 Å². The molecule has 4 heterocycles. The Morgan fingerprint density at radius 3 is 2.79 bits per heavy atom. The molecule has 0 aliphatic rings. The molecule has 1 amide bonds.